The first-order valence-corrected chi connectivity index (χ1v) is 5.77. The van der Waals surface area contributed by atoms with E-state index >= 15 is 0 Å². The summed E-state index contributed by atoms with van der Waals surface area (Å²) in [7, 11) is 0. The zero-order chi connectivity index (χ0) is 11.8. The average molecular weight is 291 g/mol. The second kappa shape index (κ2) is 3.85. The van der Waals surface area contributed by atoms with Gasteiger partial charge in [-0.3, -0.25) is 4.79 Å². The quantitative estimate of drug-likeness (QED) is 0.750. The molecular weight excluding hydrogens is 284 g/mol. The van der Waals surface area contributed by atoms with Gasteiger partial charge in [-0.15, -0.1) is 0 Å². The summed E-state index contributed by atoms with van der Waals surface area (Å²) in [5.41, 5.74) is 0.545. The van der Waals surface area contributed by atoms with Gasteiger partial charge in [0.1, 0.15) is 10.1 Å². The van der Waals surface area contributed by atoms with Crippen LogP contribution in [0.5, 0.6) is 0 Å². The first-order valence-electron chi connectivity index (χ1n) is 4.98. The fourth-order valence-electron chi connectivity index (χ4n) is 1.60. The molecule has 0 aliphatic rings. The summed E-state index contributed by atoms with van der Waals surface area (Å²) < 4.78 is 6.00. The van der Waals surface area contributed by atoms with E-state index in [9.17, 15) is 4.79 Å². The Morgan fingerprint density at radius 2 is 2.12 bits per heavy atom. The Bertz CT molecular complexity index is 712. The van der Waals surface area contributed by atoms with Gasteiger partial charge in [-0.1, -0.05) is 18.2 Å². The number of benzene rings is 1. The lowest BCUT2D eigenvalue weighted by molar-refractivity contribution is 0.624. The molecule has 17 heavy (non-hydrogen) atoms. The minimum absolute atomic E-state index is 0.226. The molecule has 0 fully saturated rings. The van der Waals surface area contributed by atoms with E-state index in [1.807, 2.05) is 30.3 Å². The summed E-state index contributed by atoms with van der Waals surface area (Å²) in [6, 6.07) is 9.49. The van der Waals surface area contributed by atoms with E-state index < -0.39 is 0 Å². The topological polar surface area (TPSA) is 58.9 Å². The van der Waals surface area contributed by atoms with Gasteiger partial charge in [0.05, 0.1) is 0 Å². The van der Waals surface area contributed by atoms with E-state index in [4.69, 9.17) is 4.42 Å². The van der Waals surface area contributed by atoms with Crippen molar-refractivity contribution in [3.63, 3.8) is 0 Å². The standard InChI is InChI=1S/C12H7BrN2O2/c13-8-6-14-11(15-12(8)16)10-5-7-3-1-2-4-9(7)17-10/h1-6H,(H,14,15,16). The van der Waals surface area contributed by atoms with Gasteiger partial charge in [-0.05, 0) is 28.1 Å². The number of para-hydroxylation sites is 1. The van der Waals surface area contributed by atoms with Gasteiger partial charge in [-0.2, -0.15) is 0 Å². The number of hydrogen-bond donors (Lipinski definition) is 1. The molecule has 0 saturated carbocycles. The molecule has 0 aliphatic heterocycles. The zero-order valence-corrected chi connectivity index (χ0v) is 10.2. The number of rotatable bonds is 1. The number of furan rings is 1. The number of nitrogens with one attached hydrogen (secondary N) is 1. The Balaban J connectivity index is 2.20. The van der Waals surface area contributed by atoms with Gasteiger partial charge in [-0.25, -0.2) is 4.98 Å². The Kier molecular flexibility index (Phi) is 2.33. The molecule has 2 aromatic heterocycles. The third-order valence-electron chi connectivity index (χ3n) is 2.41. The highest BCUT2D eigenvalue weighted by molar-refractivity contribution is 9.10. The molecule has 0 saturated heterocycles. The first-order chi connectivity index (χ1) is 8.24. The summed E-state index contributed by atoms with van der Waals surface area (Å²) >= 11 is 3.10. The number of aromatic nitrogens is 2. The van der Waals surface area contributed by atoms with Crippen LogP contribution in [0.3, 0.4) is 0 Å². The van der Waals surface area contributed by atoms with Crippen molar-refractivity contribution in [2.45, 2.75) is 0 Å². The number of nitrogens with zero attached hydrogens (tertiary/aromatic N) is 1. The average Bonchev–Trinajstić information content (AvgIpc) is 2.76. The summed E-state index contributed by atoms with van der Waals surface area (Å²) in [5.74, 6) is 0.977. The number of H-pyrrole nitrogens is 1. The van der Waals surface area contributed by atoms with Crippen molar-refractivity contribution in [3.05, 3.63) is 51.4 Å². The van der Waals surface area contributed by atoms with Crippen molar-refractivity contribution in [2.24, 2.45) is 0 Å². The van der Waals surface area contributed by atoms with Gasteiger partial charge in [0.25, 0.3) is 5.56 Å². The fraction of sp³-hybridized carbons (Fsp3) is 0. The lowest BCUT2D eigenvalue weighted by Crippen LogP contribution is -2.08. The normalized spacial score (nSPS) is 10.9. The molecule has 2 heterocycles. The third kappa shape index (κ3) is 1.78. The minimum Gasteiger partial charge on any atom is -0.453 e. The van der Waals surface area contributed by atoms with Crippen LogP contribution in [-0.4, -0.2) is 9.97 Å². The molecule has 0 unspecified atom stereocenters. The number of halogens is 1. The van der Waals surface area contributed by atoms with Gasteiger partial charge in [0, 0.05) is 11.6 Å². The van der Waals surface area contributed by atoms with Gasteiger partial charge >= 0.3 is 0 Å². The molecule has 5 heteroatoms. The van der Waals surface area contributed by atoms with E-state index in [0.717, 1.165) is 11.0 Å². The first kappa shape index (κ1) is 10.3. The number of fused-ring (bicyclic) bond motifs is 1. The molecule has 1 N–H and O–H groups in total. The van der Waals surface area contributed by atoms with Crippen molar-refractivity contribution < 1.29 is 4.42 Å². The van der Waals surface area contributed by atoms with Crippen LogP contribution in [0.15, 0.2) is 50.2 Å². The highest BCUT2D eigenvalue weighted by Crippen LogP contribution is 2.24. The van der Waals surface area contributed by atoms with Crippen molar-refractivity contribution in [3.8, 4) is 11.6 Å². The van der Waals surface area contributed by atoms with Crippen LogP contribution >= 0.6 is 15.9 Å². The van der Waals surface area contributed by atoms with Crippen LogP contribution in [0.25, 0.3) is 22.6 Å². The van der Waals surface area contributed by atoms with Crippen LogP contribution < -0.4 is 5.56 Å². The molecule has 3 aromatic rings. The molecule has 0 bridgehead atoms. The highest BCUT2D eigenvalue weighted by Gasteiger charge is 2.08. The van der Waals surface area contributed by atoms with E-state index in [1.165, 1.54) is 6.20 Å². The second-order valence-corrected chi connectivity index (χ2v) is 4.41. The fourth-order valence-corrected chi connectivity index (χ4v) is 1.80. The lowest BCUT2D eigenvalue weighted by Gasteiger charge is -1.95. The predicted octanol–water partition coefficient (Wildman–Crippen LogP) is 2.95. The smallest absolute Gasteiger partial charge is 0.265 e. The molecule has 0 aliphatic carbocycles. The SMILES string of the molecule is O=c1[nH]c(-c2cc3ccccc3o2)ncc1Br. The predicted molar refractivity (Wildman–Crippen MR) is 67.8 cm³/mol. The Hall–Kier alpha value is -1.88. The second-order valence-electron chi connectivity index (χ2n) is 3.56. The summed E-state index contributed by atoms with van der Waals surface area (Å²) in [5, 5.41) is 0.980. The largest absolute Gasteiger partial charge is 0.453 e. The Morgan fingerprint density at radius 3 is 2.88 bits per heavy atom. The zero-order valence-electron chi connectivity index (χ0n) is 8.61. The van der Waals surface area contributed by atoms with Crippen LogP contribution in [0.2, 0.25) is 0 Å². The van der Waals surface area contributed by atoms with Gasteiger partial charge in [0.15, 0.2) is 11.6 Å². The molecule has 1 aromatic carbocycles. The molecule has 0 spiro atoms. The van der Waals surface area contributed by atoms with Crippen LogP contribution in [0.1, 0.15) is 0 Å². The van der Waals surface area contributed by atoms with Gasteiger partial charge < -0.3 is 9.40 Å². The third-order valence-corrected chi connectivity index (χ3v) is 2.98. The maximum Gasteiger partial charge on any atom is 0.265 e. The molecule has 0 atom stereocenters. The summed E-state index contributed by atoms with van der Waals surface area (Å²) in [6.45, 7) is 0. The van der Waals surface area contributed by atoms with E-state index in [1.54, 1.807) is 0 Å². The summed E-state index contributed by atoms with van der Waals surface area (Å²) in [6.07, 6.45) is 1.46. The van der Waals surface area contributed by atoms with Crippen LogP contribution in [0, 0.1) is 0 Å². The molecule has 84 valence electrons. The van der Waals surface area contributed by atoms with E-state index in [0.29, 0.717) is 16.1 Å². The minimum atomic E-state index is -0.226. The molecule has 0 radical (unpaired) electrons. The maximum atomic E-state index is 11.4. The molecule has 3 rings (SSSR count). The molecular formula is C12H7BrN2O2. The number of aromatic amines is 1. The van der Waals surface area contributed by atoms with Gasteiger partial charge in [0.2, 0.25) is 0 Å². The molecule has 0 amide bonds. The Morgan fingerprint density at radius 1 is 1.29 bits per heavy atom. The summed E-state index contributed by atoms with van der Waals surface area (Å²) in [4.78, 5) is 18.2. The van der Waals surface area contributed by atoms with Crippen molar-refractivity contribution in [2.75, 3.05) is 0 Å². The van der Waals surface area contributed by atoms with Crippen molar-refractivity contribution in [1.29, 1.82) is 0 Å². The monoisotopic (exact) mass is 290 g/mol. The van der Waals surface area contributed by atoms with E-state index in [-0.39, 0.29) is 5.56 Å². The molecule has 4 nitrogen and oxygen atoms in total. The lowest BCUT2D eigenvalue weighted by atomic mass is 10.2. The van der Waals surface area contributed by atoms with Crippen LogP contribution in [-0.2, 0) is 0 Å². The Labute approximate surface area is 104 Å². The highest BCUT2D eigenvalue weighted by atomic mass is 79.9. The maximum absolute atomic E-state index is 11.4. The van der Waals surface area contributed by atoms with E-state index in [2.05, 4.69) is 25.9 Å². The van der Waals surface area contributed by atoms with Crippen LogP contribution in [0.4, 0.5) is 0 Å². The van der Waals surface area contributed by atoms with Crippen molar-refractivity contribution >= 4 is 26.9 Å². The number of hydrogen-bond acceptors (Lipinski definition) is 3. The van der Waals surface area contributed by atoms with Crippen molar-refractivity contribution in [1.82, 2.24) is 9.97 Å².